The normalized spacial score (nSPS) is 10.0. The van der Waals surface area contributed by atoms with Crippen molar-refractivity contribution in [2.75, 3.05) is 24.5 Å². The van der Waals surface area contributed by atoms with Crippen LogP contribution in [-0.2, 0) is 0 Å². The third kappa shape index (κ3) is 4.18. The fourth-order valence-corrected chi connectivity index (χ4v) is 1.54. The van der Waals surface area contributed by atoms with Crippen molar-refractivity contribution in [3.05, 3.63) is 24.3 Å². The number of methoxy groups -OCH3 is 1. The van der Waals surface area contributed by atoms with Gasteiger partial charge in [-0.05, 0) is 30.7 Å². The maximum absolute atomic E-state index is 5.39. The molecule has 0 radical (unpaired) electrons. The molecule has 0 amide bonds. The van der Waals surface area contributed by atoms with E-state index in [0.29, 0.717) is 12.6 Å². The van der Waals surface area contributed by atoms with Gasteiger partial charge in [0, 0.05) is 5.69 Å². The van der Waals surface area contributed by atoms with Crippen LogP contribution in [0.4, 0.5) is 17.6 Å². The Morgan fingerprint density at radius 2 is 1.81 bits per heavy atom. The average molecular weight is 290 g/mol. The van der Waals surface area contributed by atoms with E-state index in [1.54, 1.807) is 7.11 Å². The van der Waals surface area contributed by atoms with E-state index < -0.39 is 0 Å². The molecule has 0 aliphatic rings. The first-order valence-corrected chi connectivity index (χ1v) is 6.51. The minimum atomic E-state index is 0.218. The van der Waals surface area contributed by atoms with Crippen LogP contribution in [0.1, 0.15) is 13.3 Å². The predicted molar refractivity (Wildman–Crippen MR) is 79.7 cm³/mol. The van der Waals surface area contributed by atoms with Crippen molar-refractivity contribution in [1.82, 2.24) is 15.0 Å². The second-order valence-corrected chi connectivity index (χ2v) is 4.11. The molecule has 1 aromatic carbocycles. The SMILES string of the molecule is CCCOc1nc(NN)nc(Nc2ccc(OC)cc2)n1. The zero-order valence-corrected chi connectivity index (χ0v) is 12.0. The summed E-state index contributed by atoms with van der Waals surface area (Å²) < 4.78 is 10.5. The Bertz CT molecular complexity index is 575. The molecule has 0 saturated heterocycles. The van der Waals surface area contributed by atoms with Crippen LogP contribution in [0.2, 0.25) is 0 Å². The van der Waals surface area contributed by atoms with E-state index in [2.05, 4.69) is 25.7 Å². The van der Waals surface area contributed by atoms with Crippen LogP contribution >= 0.6 is 0 Å². The maximum Gasteiger partial charge on any atom is 0.323 e. The Morgan fingerprint density at radius 1 is 1.10 bits per heavy atom. The molecule has 4 N–H and O–H groups in total. The highest BCUT2D eigenvalue weighted by Gasteiger charge is 2.07. The number of nitrogen functional groups attached to an aromatic ring is 1. The zero-order valence-electron chi connectivity index (χ0n) is 12.0. The van der Waals surface area contributed by atoms with E-state index in [1.165, 1.54) is 0 Å². The number of nitrogens with one attached hydrogen (secondary N) is 2. The van der Waals surface area contributed by atoms with Gasteiger partial charge in [0.15, 0.2) is 0 Å². The molecule has 21 heavy (non-hydrogen) atoms. The number of hydrazine groups is 1. The molecule has 8 nitrogen and oxygen atoms in total. The Hall–Kier alpha value is -2.61. The van der Waals surface area contributed by atoms with Gasteiger partial charge < -0.3 is 14.8 Å². The number of anilines is 3. The van der Waals surface area contributed by atoms with Gasteiger partial charge in [0.1, 0.15) is 5.75 Å². The fourth-order valence-electron chi connectivity index (χ4n) is 1.54. The van der Waals surface area contributed by atoms with Gasteiger partial charge in [0.2, 0.25) is 11.9 Å². The number of hydrogen-bond acceptors (Lipinski definition) is 8. The number of ether oxygens (including phenoxy) is 2. The fraction of sp³-hybridized carbons (Fsp3) is 0.308. The lowest BCUT2D eigenvalue weighted by Crippen LogP contribution is -2.13. The van der Waals surface area contributed by atoms with Gasteiger partial charge in [-0.2, -0.15) is 15.0 Å². The van der Waals surface area contributed by atoms with Crippen molar-refractivity contribution in [2.45, 2.75) is 13.3 Å². The molecule has 0 atom stereocenters. The van der Waals surface area contributed by atoms with Crippen LogP contribution in [0.5, 0.6) is 11.8 Å². The Kier molecular flexibility index (Phi) is 5.10. The van der Waals surface area contributed by atoms with Gasteiger partial charge >= 0.3 is 6.01 Å². The Balaban J connectivity index is 2.16. The van der Waals surface area contributed by atoms with Crippen molar-refractivity contribution in [3.63, 3.8) is 0 Å². The van der Waals surface area contributed by atoms with Crippen molar-refractivity contribution >= 4 is 17.6 Å². The van der Waals surface area contributed by atoms with Crippen LogP contribution < -0.4 is 26.1 Å². The molecule has 0 fully saturated rings. The molecule has 112 valence electrons. The van der Waals surface area contributed by atoms with E-state index in [9.17, 15) is 0 Å². The largest absolute Gasteiger partial charge is 0.497 e. The van der Waals surface area contributed by atoms with E-state index in [4.69, 9.17) is 15.3 Å². The van der Waals surface area contributed by atoms with Gasteiger partial charge in [0.25, 0.3) is 0 Å². The maximum atomic E-state index is 5.39. The molecule has 0 aliphatic carbocycles. The summed E-state index contributed by atoms with van der Waals surface area (Å²) in [4.78, 5) is 12.3. The number of aromatic nitrogens is 3. The monoisotopic (exact) mass is 290 g/mol. The standard InChI is InChI=1S/C13H18N6O2/c1-3-8-21-13-17-11(16-12(18-13)19-14)15-9-4-6-10(20-2)7-5-9/h4-7H,3,8,14H2,1-2H3,(H2,15,16,17,18,19). The number of benzene rings is 1. The van der Waals surface area contributed by atoms with Gasteiger partial charge in [-0.1, -0.05) is 6.92 Å². The summed E-state index contributed by atoms with van der Waals surface area (Å²) in [6.07, 6.45) is 0.859. The highest BCUT2D eigenvalue weighted by Crippen LogP contribution is 2.19. The number of rotatable bonds is 7. The lowest BCUT2D eigenvalue weighted by molar-refractivity contribution is 0.292. The van der Waals surface area contributed by atoms with Crippen LogP contribution in [0, 0.1) is 0 Å². The summed E-state index contributed by atoms with van der Waals surface area (Å²) >= 11 is 0. The molecular weight excluding hydrogens is 272 g/mol. The molecule has 1 heterocycles. The van der Waals surface area contributed by atoms with Crippen LogP contribution in [0.3, 0.4) is 0 Å². The van der Waals surface area contributed by atoms with E-state index in [0.717, 1.165) is 17.9 Å². The zero-order chi connectivity index (χ0) is 15.1. The molecule has 8 heteroatoms. The predicted octanol–water partition coefficient (Wildman–Crippen LogP) is 1.70. The number of hydrogen-bond donors (Lipinski definition) is 3. The molecule has 0 spiro atoms. The smallest absolute Gasteiger partial charge is 0.323 e. The second-order valence-electron chi connectivity index (χ2n) is 4.11. The highest BCUT2D eigenvalue weighted by molar-refractivity contribution is 5.55. The van der Waals surface area contributed by atoms with Crippen LogP contribution in [0.25, 0.3) is 0 Å². The lowest BCUT2D eigenvalue weighted by Gasteiger charge is -2.09. The van der Waals surface area contributed by atoms with Gasteiger partial charge in [-0.25, -0.2) is 5.84 Å². The molecule has 0 bridgehead atoms. The number of nitrogens with two attached hydrogens (primary N) is 1. The molecule has 0 unspecified atom stereocenters. The van der Waals surface area contributed by atoms with Crippen molar-refractivity contribution < 1.29 is 9.47 Å². The van der Waals surface area contributed by atoms with Crippen LogP contribution in [0.15, 0.2) is 24.3 Å². The molecule has 0 saturated carbocycles. The van der Waals surface area contributed by atoms with Crippen LogP contribution in [-0.4, -0.2) is 28.7 Å². The highest BCUT2D eigenvalue weighted by atomic mass is 16.5. The first kappa shape index (κ1) is 14.8. The molecular formula is C13H18N6O2. The van der Waals surface area contributed by atoms with E-state index in [-0.39, 0.29) is 12.0 Å². The average Bonchev–Trinajstić information content (AvgIpc) is 2.53. The van der Waals surface area contributed by atoms with E-state index >= 15 is 0 Å². The first-order chi connectivity index (χ1) is 10.2. The Morgan fingerprint density at radius 3 is 2.43 bits per heavy atom. The van der Waals surface area contributed by atoms with Crippen molar-refractivity contribution in [3.8, 4) is 11.8 Å². The van der Waals surface area contributed by atoms with Gasteiger partial charge in [-0.3, -0.25) is 5.43 Å². The quantitative estimate of drug-likeness (QED) is 0.522. The van der Waals surface area contributed by atoms with Gasteiger partial charge in [-0.15, -0.1) is 0 Å². The molecule has 2 rings (SSSR count). The minimum absolute atomic E-state index is 0.218. The van der Waals surface area contributed by atoms with Crippen molar-refractivity contribution in [2.24, 2.45) is 5.84 Å². The summed E-state index contributed by atoms with van der Waals surface area (Å²) in [5.74, 6) is 6.69. The minimum Gasteiger partial charge on any atom is -0.497 e. The third-order valence-corrected chi connectivity index (χ3v) is 2.53. The number of nitrogens with zero attached hydrogens (tertiary/aromatic N) is 3. The summed E-state index contributed by atoms with van der Waals surface area (Å²) in [5, 5.41) is 3.05. The molecule has 0 aliphatic heterocycles. The summed E-state index contributed by atoms with van der Waals surface area (Å²) in [6, 6.07) is 7.59. The summed E-state index contributed by atoms with van der Waals surface area (Å²) in [5.41, 5.74) is 3.20. The van der Waals surface area contributed by atoms with Crippen molar-refractivity contribution in [1.29, 1.82) is 0 Å². The molecule has 1 aromatic heterocycles. The summed E-state index contributed by atoms with van der Waals surface area (Å²) in [6.45, 7) is 2.52. The third-order valence-electron chi connectivity index (χ3n) is 2.53. The second kappa shape index (κ2) is 7.25. The Labute approximate surface area is 122 Å². The van der Waals surface area contributed by atoms with E-state index in [1.807, 2.05) is 31.2 Å². The first-order valence-electron chi connectivity index (χ1n) is 6.51. The van der Waals surface area contributed by atoms with Gasteiger partial charge in [0.05, 0.1) is 13.7 Å². The lowest BCUT2D eigenvalue weighted by atomic mass is 10.3. The summed E-state index contributed by atoms with van der Waals surface area (Å²) in [7, 11) is 1.62. The molecule has 2 aromatic rings. The topological polar surface area (TPSA) is 107 Å².